The Balaban J connectivity index is 1.73. The molecule has 0 unspecified atom stereocenters. The summed E-state index contributed by atoms with van der Waals surface area (Å²) in [6.45, 7) is 11.2. The Hall–Kier alpha value is -1.87. The minimum absolute atomic E-state index is 0.0237. The van der Waals surface area contributed by atoms with E-state index < -0.39 is 0 Å². The third-order valence-corrected chi connectivity index (χ3v) is 5.66. The van der Waals surface area contributed by atoms with Crippen molar-refractivity contribution in [2.45, 2.75) is 45.6 Å². The summed E-state index contributed by atoms with van der Waals surface area (Å²) in [6.07, 6.45) is 6.67. The van der Waals surface area contributed by atoms with Crippen molar-refractivity contribution in [1.29, 1.82) is 0 Å². The minimum Gasteiger partial charge on any atom is -0.329 e. The second-order valence-corrected chi connectivity index (χ2v) is 6.86. The summed E-state index contributed by atoms with van der Waals surface area (Å²) in [6, 6.07) is 8.79. The summed E-state index contributed by atoms with van der Waals surface area (Å²) in [4.78, 5) is 17.2. The number of fused-ring (bicyclic) bond motifs is 1. The summed E-state index contributed by atoms with van der Waals surface area (Å²) in [5.74, 6) is 0.566. The Morgan fingerprint density at radius 1 is 1.17 bits per heavy atom. The van der Waals surface area contributed by atoms with Gasteiger partial charge in [-0.25, -0.2) is 0 Å². The van der Waals surface area contributed by atoms with Crippen molar-refractivity contribution in [2.75, 3.05) is 13.1 Å². The number of H-pyrrole nitrogens is 1. The molecule has 1 saturated carbocycles. The van der Waals surface area contributed by atoms with Gasteiger partial charge in [-0.15, -0.1) is 0 Å². The van der Waals surface area contributed by atoms with Crippen LogP contribution < -0.4 is 5.56 Å². The molecule has 24 heavy (non-hydrogen) atoms. The molecule has 3 nitrogen and oxygen atoms in total. The lowest BCUT2D eigenvalue weighted by Gasteiger charge is -2.36. The first-order valence-corrected chi connectivity index (χ1v) is 9.18. The largest absolute Gasteiger partial charge is 0.329 e. The molecular formula is C21H28N2O. The molecule has 0 bridgehead atoms. The average molecular weight is 324 g/mol. The van der Waals surface area contributed by atoms with E-state index in [2.05, 4.69) is 42.4 Å². The summed E-state index contributed by atoms with van der Waals surface area (Å²) >= 11 is 0. The van der Waals surface area contributed by atoms with E-state index in [1.54, 1.807) is 6.20 Å². The monoisotopic (exact) mass is 324 g/mol. The number of hydrogen-bond donors (Lipinski definition) is 1. The molecule has 0 amide bonds. The lowest BCUT2D eigenvalue weighted by molar-refractivity contribution is 0.160. The van der Waals surface area contributed by atoms with Crippen molar-refractivity contribution >= 4 is 16.3 Å². The molecule has 1 aromatic heterocycles. The molecule has 1 N–H and O–H groups in total. The van der Waals surface area contributed by atoms with Crippen LogP contribution in [-0.2, 0) is 0 Å². The second-order valence-electron chi connectivity index (χ2n) is 6.86. The molecule has 2 aromatic rings. The predicted molar refractivity (Wildman–Crippen MR) is 102 cm³/mol. The quantitative estimate of drug-likeness (QED) is 0.882. The van der Waals surface area contributed by atoms with E-state index in [1.165, 1.54) is 36.8 Å². The van der Waals surface area contributed by atoms with Crippen molar-refractivity contribution in [3.63, 3.8) is 0 Å². The topological polar surface area (TPSA) is 36.1 Å². The molecule has 1 fully saturated rings. The molecule has 0 atom stereocenters. The molecule has 3 heteroatoms. The highest BCUT2D eigenvalue weighted by atomic mass is 16.1. The van der Waals surface area contributed by atoms with E-state index in [1.807, 2.05) is 12.1 Å². The Kier molecular flexibility index (Phi) is 5.20. The van der Waals surface area contributed by atoms with Gasteiger partial charge in [-0.2, -0.15) is 0 Å². The number of nitrogens with one attached hydrogen (secondary N) is 1. The number of aromatic amines is 1. The van der Waals surface area contributed by atoms with Crippen LogP contribution in [0.5, 0.6) is 0 Å². The average Bonchev–Trinajstić information content (AvgIpc) is 2.63. The first kappa shape index (κ1) is 17.0. The Morgan fingerprint density at radius 2 is 1.88 bits per heavy atom. The van der Waals surface area contributed by atoms with Gasteiger partial charge in [0.15, 0.2) is 0 Å². The summed E-state index contributed by atoms with van der Waals surface area (Å²) < 4.78 is 0. The third-order valence-electron chi connectivity index (χ3n) is 5.66. The Morgan fingerprint density at radius 3 is 2.54 bits per heavy atom. The van der Waals surface area contributed by atoms with Crippen LogP contribution in [0.2, 0.25) is 0 Å². The highest BCUT2D eigenvalue weighted by molar-refractivity contribution is 5.85. The van der Waals surface area contributed by atoms with Crippen LogP contribution in [0.25, 0.3) is 16.3 Å². The minimum atomic E-state index is -0.0237. The van der Waals surface area contributed by atoms with Crippen LogP contribution in [0.4, 0.5) is 0 Å². The molecule has 0 spiro atoms. The highest BCUT2D eigenvalue weighted by Gasteiger charge is 2.26. The van der Waals surface area contributed by atoms with Crippen molar-refractivity contribution in [3.8, 4) is 0 Å². The molecular weight excluding hydrogens is 296 g/mol. The smallest absolute Gasteiger partial charge is 0.255 e. The molecule has 1 aromatic carbocycles. The van der Waals surface area contributed by atoms with Gasteiger partial charge in [0.1, 0.15) is 0 Å². The van der Waals surface area contributed by atoms with Crippen molar-refractivity contribution in [1.82, 2.24) is 9.88 Å². The van der Waals surface area contributed by atoms with Crippen LogP contribution in [0.1, 0.15) is 45.1 Å². The van der Waals surface area contributed by atoms with Crippen LogP contribution >= 0.6 is 0 Å². The van der Waals surface area contributed by atoms with Gasteiger partial charge in [-0.1, -0.05) is 26.5 Å². The van der Waals surface area contributed by atoms with Crippen molar-refractivity contribution in [2.24, 2.45) is 5.92 Å². The predicted octanol–water partition coefficient (Wildman–Crippen LogP) is 4.44. The second kappa shape index (κ2) is 7.35. The lowest BCUT2D eigenvalue weighted by Crippen LogP contribution is -2.37. The summed E-state index contributed by atoms with van der Waals surface area (Å²) in [5, 5.41) is 1.74. The highest BCUT2D eigenvalue weighted by Crippen LogP contribution is 2.36. The molecule has 1 heterocycles. The van der Waals surface area contributed by atoms with Gasteiger partial charge in [-0.05, 0) is 79.4 Å². The van der Waals surface area contributed by atoms with Gasteiger partial charge in [0.2, 0.25) is 0 Å². The molecule has 0 radical (unpaired) electrons. The Labute approximate surface area is 144 Å². The van der Waals surface area contributed by atoms with Gasteiger partial charge in [0.05, 0.1) is 0 Å². The number of benzene rings is 1. The maximum Gasteiger partial charge on any atom is 0.255 e. The standard InChI is InChI=1S/C21H28N2O/c1-4-23(5-2)19-9-6-16(7-10-19)15(3)17-8-11-20-18(14-17)12-13-22-21(20)24/h8,11-14,16,19H,3-7,9-10H2,1-2H3,(H,22,24)/t16-,19+. The SMILES string of the molecule is C=C(c1ccc2c(=O)[nH]ccc2c1)[C@H]1CC[C@@H](N(CC)CC)CC1. The molecule has 128 valence electrons. The van der Waals surface area contributed by atoms with E-state index in [-0.39, 0.29) is 5.56 Å². The van der Waals surface area contributed by atoms with Gasteiger partial charge in [0, 0.05) is 17.6 Å². The molecule has 3 rings (SSSR count). The first-order chi connectivity index (χ1) is 11.6. The molecule has 1 aliphatic carbocycles. The van der Waals surface area contributed by atoms with Crippen LogP contribution in [0, 0.1) is 5.92 Å². The number of nitrogens with zero attached hydrogens (tertiary/aromatic N) is 1. The van der Waals surface area contributed by atoms with Crippen molar-refractivity contribution < 1.29 is 0 Å². The molecule has 0 saturated heterocycles. The maximum absolute atomic E-state index is 11.8. The maximum atomic E-state index is 11.8. The lowest BCUT2D eigenvalue weighted by atomic mass is 9.79. The number of hydrogen-bond acceptors (Lipinski definition) is 2. The van der Waals surface area contributed by atoms with Gasteiger partial charge < -0.3 is 9.88 Å². The number of allylic oxidation sites excluding steroid dienone is 1. The summed E-state index contributed by atoms with van der Waals surface area (Å²) in [5.41, 5.74) is 2.39. The van der Waals surface area contributed by atoms with Gasteiger partial charge in [-0.3, -0.25) is 4.79 Å². The van der Waals surface area contributed by atoms with E-state index in [4.69, 9.17) is 0 Å². The fourth-order valence-electron chi connectivity index (χ4n) is 4.16. The fraction of sp³-hybridized carbons (Fsp3) is 0.476. The third kappa shape index (κ3) is 3.32. The van der Waals surface area contributed by atoms with Crippen LogP contribution in [0.3, 0.4) is 0 Å². The van der Waals surface area contributed by atoms with E-state index in [9.17, 15) is 4.79 Å². The van der Waals surface area contributed by atoms with Crippen LogP contribution in [0.15, 0.2) is 41.8 Å². The normalized spacial score (nSPS) is 21.3. The zero-order chi connectivity index (χ0) is 17.1. The van der Waals surface area contributed by atoms with Gasteiger partial charge >= 0.3 is 0 Å². The number of aromatic nitrogens is 1. The van der Waals surface area contributed by atoms with E-state index in [0.717, 1.165) is 29.9 Å². The molecule has 0 aliphatic heterocycles. The summed E-state index contributed by atoms with van der Waals surface area (Å²) in [7, 11) is 0. The Bertz CT molecular complexity index is 765. The number of rotatable bonds is 5. The molecule has 1 aliphatic rings. The van der Waals surface area contributed by atoms with E-state index >= 15 is 0 Å². The van der Waals surface area contributed by atoms with Crippen LogP contribution in [-0.4, -0.2) is 29.0 Å². The zero-order valence-electron chi connectivity index (χ0n) is 14.8. The van der Waals surface area contributed by atoms with Crippen molar-refractivity contribution in [3.05, 3.63) is 53.0 Å². The van der Waals surface area contributed by atoms with E-state index in [0.29, 0.717) is 5.92 Å². The fourth-order valence-corrected chi connectivity index (χ4v) is 4.16. The first-order valence-electron chi connectivity index (χ1n) is 9.18. The van der Waals surface area contributed by atoms with Gasteiger partial charge in [0.25, 0.3) is 5.56 Å². The number of pyridine rings is 1. The zero-order valence-corrected chi connectivity index (χ0v) is 14.8.